The molecule has 2 aromatic rings. The van der Waals surface area contributed by atoms with Gasteiger partial charge in [0.2, 0.25) is 0 Å². The first-order valence-electron chi connectivity index (χ1n) is 5.40. The highest BCUT2D eigenvalue weighted by atomic mass is 35.5. The van der Waals surface area contributed by atoms with Crippen molar-refractivity contribution in [2.24, 2.45) is 0 Å². The van der Waals surface area contributed by atoms with Crippen molar-refractivity contribution in [2.45, 2.75) is 12.5 Å². The van der Waals surface area contributed by atoms with E-state index in [9.17, 15) is 13.9 Å². The Morgan fingerprint density at radius 2 is 1.95 bits per heavy atom. The summed E-state index contributed by atoms with van der Waals surface area (Å²) in [7, 11) is 0. The summed E-state index contributed by atoms with van der Waals surface area (Å²) in [5, 5.41) is 10.5. The van der Waals surface area contributed by atoms with Gasteiger partial charge >= 0.3 is 0 Å². The van der Waals surface area contributed by atoms with E-state index in [2.05, 4.69) is 4.98 Å². The number of hydrogen-bond donors (Lipinski definition) is 1. The molecule has 1 unspecified atom stereocenters. The Bertz CT molecular complexity index is 607. The van der Waals surface area contributed by atoms with E-state index in [1.165, 1.54) is 18.3 Å². The minimum atomic E-state index is -1.09. The molecule has 1 heterocycles. The van der Waals surface area contributed by atoms with Crippen molar-refractivity contribution in [3.05, 3.63) is 63.4 Å². The summed E-state index contributed by atoms with van der Waals surface area (Å²) >= 11 is 11.6. The van der Waals surface area contributed by atoms with Crippen LogP contribution in [0.5, 0.6) is 0 Å². The van der Waals surface area contributed by atoms with Gasteiger partial charge in [-0.3, -0.25) is 4.98 Å². The van der Waals surface area contributed by atoms with Gasteiger partial charge < -0.3 is 5.11 Å². The molecule has 0 bridgehead atoms. The summed E-state index contributed by atoms with van der Waals surface area (Å²) in [4.78, 5) is 3.91. The fourth-order valence-electron chi connectivity index (χ4n) is 1.66. The topological polar surface area (TPSA) is 33.1 Å². The first kappa shape index (κ1) is 14.2. The number of rotatable bonds is 3. The van der Waals surface area contributed by atoms with E-state index < -0.39 is 17.7 Å². The average Bonchev–Trinajstić information content (AvgIpc) is 2.32. The largest absolute Gasteiger partial charge is 0.386 e. The van der Waals surface area contributed by atoms with Crippen LogP contribution in [0, 0.1) is 11.6 Å². The van der Waals surface area contributed by atoms with Crippen LogP contribution in [0.4, 0.5) is 8.78 Å². The van der Waals surface area contributed by atoms with Gasteiger partial charge in [0.05, 0.1) is 15.7 Å². The number of nitrogens with zero attached hydrogens (tertiary/aromatic N) is 1. The summed E-state index contributed by atoms with van der Waals surface area (Å²) < 4.78 is 26.2. The quantitative estimate of drug-likeness (QED) is 0.931. The number of pyridine rings is 1. The molecule has 0 amide bonds. The number of aromatic nitrogens is 1. The number of hydrogen-bond acceptors (Lipinski definition) is 2. The van der Waals surface area contributed by atoms with Crippen molar-refractivity contribution in [1.29, 1.82) is 0 Å². The Balaban J connectivity index is 2.23. The van der Waals surface area contributed by atoms with Crippen molar-refractivity contribution in [3.8, 4) is 0 Å². The fourth-order valence-corrected chi connectivity index (χ4v) is 2.17. The van der Waals surface area contributed by atoms with Crippen molar-refractivity contribution in [2.75, 3.05) is 0 Å². The molecule has 6 heteroatoms. The molecule has 1 aromatic heterocycles. The first-order chi connectivity index (χ1) is 8.97. The minimum Gasteiger partial charge on any atom is -0.386 e. The number of benzene rings is 1. The molecule has 0 fully saturated rings. The number of halogens is 4. The van der Waals surface area contributed by atoms with Crippen LogP contribution in [0.1, 0.15) is 17.4 Å². The summed E-state index contributed by atoms with van der Waals surface area (Å²) in [5.41, 5.74) is 0.386. The van der Waals surface area contributed by atoms with Crippen LogP contribution in [0.25, 0.3) is 0 Å². The molecule has 0 saturated heterocycles. The van der Waals surface area contributed by atoms with Gasteiger partial charge in [-0.2, -0.15) is 0 Å². The standard InChI is InChI=1S/C13H9Cl2F2NO/c14-8-4-10(15)13(18-6-8)12(19)3-7-1-2-9(16)5-11(7)17/h1-2,4-6,12,19H,3H2. The molecule has 0 aliphatic heterocycles. The van der Waals surface area contributed by atoms with Gasteiger partial charge in [-0.1, -0.05) is 29.3 Å². The molecule has 0 aliphatic rings. The maximum absolute atomic E-state index is 13.5. The molecule has 19 heavy (non-hydrogen) atoms. The summed E-state index contributed by atoms with van der Waals surface area (Å²) in [6.07, 6.45) is 0.192. The molecule has 1 atom stereocenters. The molecule has 100 valence electrons. The van der Waals surface area contributed by atoms with Gasteiger partial charge in [-0.25, -0.2) is 8.78 Å². The highest BCUT2D eigenvalue weighted by Crippen LogP contribution is 2.26. The van der Waals surface area contributed by atoms with Crippen molar-refractivity contribution in [3.63, 3.8) is 0 Å². The molecule has 0 spiro atoms. The molecule has 2 nitrogen and oxygen atoms in total. The zero-order valence-corrected chi connectivity index (χ0v) is 11.1. The maximum Gasteiger partial charge on any atom is 0.129 e. The molecule has 0 saturated carbocycles. The van der Waals surface area contributed by atoms with Crippen LogP contribution in [0.15, 0.2) is 30.5 Å². The summed E-state index contributed by atoms with van der Waals surface area (Å²) in [6.45, 7) is 0. The third kappa shape index (κ3) is 3.41. The van der Waals surface area contributed by atoms with Crippen molar-refractivity contribution < 1.29 is 13.9 Å². The van der Waals surface area contributed by atoms with Gasteiger partial charge in [-0.15, -0.1) is 0 Å². The van der Waals surface area contributed by atoms with E-state index in [1.54, 1.807) is 0 Å². The third-order valence-corrected chi connectivity index (χ3v) is 3.09. The van der Waals surface area contributed by atoms with E-state index in [0.717, 1.165) is 12.1 Å². The molecule has 1 N–H and O–H groups in total. The Morgan fingerprint density at radius 1 is 1.21 bits per heavy atom. The second-order valence-corrected chi connectivity index (χ2v) is 4.82. The fraction of sp³-hybridized carbons (Fsp3) is 0.154. The second-order valence-electron chi connectivity index (χ2n) is 3.98. The second kappa shape index (κ2) is 5.82. The Kier molecular flexibility index (Phi) is 4.34. The first-order valence-corrected chi connectivity index (χ1v) is 6.16. The lowest BCUT2D eigenvalue weighted by atomic mass is 10.0. The van der Waals surface area contributed by atoms with Gasteiger partial charge in [0.1, 0.15) is 17.7 Å². The van der Waals surface area contributed by atoms with Crippen LogP contribution in [-0.4, -0.2) is 10.1 Å². The van der Waals surface area contributed by atoms with Crippen molar-refractivity contribution in [1.82, 2.24) is 4.98 Å². The maximum atomic E-state index is 13.5. The van der Waals surface area contributed by atoms with E-state index in [4.69, 9.17) is 23.2 Å². The summed E-state index contributed by atoms with van der Waals surface area (Å²) in [5.74, 6) is -1.39. The molecule has 1 aromatic carbocycles. The lowest BCUT2D eigenvalue weighted by Crippen LogP contribution is -2.06. The average molecular weight is 304 g/mol. The van der Waals surface area contributed by atoms with Crippen LogP contribution < -0.4 is 0 Å². The lowest BCUT2D eigenvalue weighted by Gasteiger charge is -2.12. The van der Waals surface area contributed by atoms with Crippen LogP contribution in [0.3, 0.4) is 0 Å². The van der Waals surface area contributed by atoms with E-state index in [0.29, 0.717) is 5.02 Å². The molecule has 0 radical (unpaired) electrons. The number of aliphatic hydroxyl groups excluding tert-OH is 1. The Morgan fingerprint density at radius 3 is 2.58 bits per heavy atom. The smallest absolute Gasteiger partial charge is 0.129 e. The lowest BCUT2D eigenvalue weighted by molar-refractivity contribution is 0.172. The van der Waals surface area contributed by atoms with E-state index in [1.807, 2.05) is 0 Å². The Labute approximate surface area is 118 Å². The van der Waals surface area contributed by atoms with Gasteiger partial charge in [0.25, 0.3) is 0 Å². The van der Waals surface area contributed by atoms with Crippen LogP contribution in [-0.2, 0) is 6.42 Å². The normalized spacial score (nSPS) is 12.5. The zero-order valence-electron chi connectivity index (χ0n) is 9.58. The molecular weight excluding hydrogens is 295 g/mol. The van der Waals surface area contributed by atoms with Crippen LogP contribution in [0.2, 0.25) is 10.0 Å². The highest BCUT2D eigenvalue weighted by molar-refractivity contribution is 6.34. The van der Waals surface area contributed by atoms with E-state index >= 15 is 0 Å². The summed E-state index contributed by atoms with van der Waals surface area (Å²) in [6, 6.07) is 4.61. The third-order valence-electron chi connectivity index (χ3n) is 2.58. The predicted molar refractivity (Wildman–Crippen MR) is 69.3 cm³/mol. The Hall–Kier alpha value is -1.23. The molecule has 0 aliphatic carbocycles. The SMILES string of the molecule is OC(Cc1ccc(F)cc1F)c1ncc(Cl)cc1Cl. The minimum absolute atomic E-state index is 0.0551. The van der Waals surface area contributed by atoms with Crippen molar-refractivity contribution >= 4 is 23.2 Å². The van der Waals surface area contributed by atoms with Gasteiger partial charge in [0.15, 0.2) is 0 Å². The van der Waals surface area contributed by atoms with E-state index in [-0.39, 0.29) is 22.7 Å². The van der Waals surface area contributed by atoms with Crippen LogP contribution >= 0.6 is 23.2 Å². The zero-order chi connectivity index (χ0) is 14.0. The highest BCUT2D eigenvalue weighted by Gasteiger charge is 2.16. The predicted octanol–water partition coefficient (Wildman–Crippen LogP) is 3.94. The van der Waals surface area contributed by atoms with Gasteiger partial charge in [-0.05, 0) is 17.7 Å². The number of aliphatic hydroxyl groups is 1. The monoisotopic (exact) mass is 303 g/mol. The molecular formula is C13H9Cl2F2NO. The van der Waals surface area contributed by atoms with Gasteiger partial charge in [0, 0.05) is 18.7 Å². The molecule has 2 rings (SSSR count).